The molecule has 1 N–H and O–H groups in total. The Hall–Kier alpha value is -2.56. The maximum Gasteiger partial charge on any atom is 0.352 e. The topological polar surface area (TPSA) is 62.5 Å². The minimum Gasteiger partial charge on any atom is -0.477 e. The van der Waals surface area contributed by atoms with Gasteiger partial charge in [-0.1, -0.05) is 18.2 Å². The van der Waals surface area contributed by atoms with Crippen LogP contribution < -0.4 is 4.90 Å². The summed E-state index contributed by atoms with van der Waals surface area (Å²) in [5.41, 5.74) is 2.24. The number of carbonyl (C=O) groups is 2. The van der Waals surface area contributed by atoms with E-state index in [2.05, 4.69) is 0 Å². The largest absolute Gasteiger partial charge is 0.477 e. The molecule has 5 heteroatoms. The molecule has 3 rings (SSSR count). The van der Waals surface area contributed by atoms with Gasteiger partial charge >= 0.3 is 5.97 Å². The van der Waals surface area contributed by atoms with Crippen LogP contribution in [-0.4, -0.2) is 28.1 Å². The number of anilines is 1. The average molecular weight is 284 g/mol. The minimum absolute atomic E-state index is 0.0446. The number of aromatic carboxylic acids is 1. The van der Waals surface area contributed by atoms with Gasteiger partial charge in [0.25, 0.3) is 0 Å². The van der Waals surface area contributed by atoms with Crippen LogP contribution in [0.2, 0.25) is 0 Å². The summed E-state index contributed by atoms with van der Waals surface area (Å²) in [5, 5.41) is 9.09. The molecule has 21 heavy (non-hydrogen) atoms. The van der Waals surface area contributed by atoms with Crippen molar-refractivity contribution in [3.8, 4) is 0 Å². The van der Waals surface area contributed by atoms with Crippen LogP contribution in [0.15, 0.2) is 42.6 Å². The van der Waals surface area contributed by atoms with Crippen LogP contribution in [0.5, 0.6) is 0 Å². The first kappa shape index (κ1) is 13.4. The van der Waals surface area contributed by atoms with Gasteiger partial charge in [-0.25, -0.2) is 4.79 Å². The number of hydrogen-bond acceptors (Lipinski definition) is 2. The van der Waals surface area contributed by atoms with Gasteiger partial charge in [0.1, 0.15) is 12.2 Å². The molecule has 0 unspecified atom stereocenters. The highest BCUT2D eigenvalue weighted by Gasteiger charge is 2.23. The Morgan fingerprint density at radius 2 is 1.95 bits per heavy atom. The molecular formula is C16H16N2O3. The first-order valence-electron chi connectivity index (χ1n) is 6.93. The smallest absolute Gasteiger partial charge is 0.352 e. The fraction of sp³-hybridized carbons (Fsp3) is 0.250. The standard InChI is InChI=1S/C16H16N2O3/c19-15(11-17-9-4-8-14(17)16(20)21)18-10-3-6-12-5-1-2-7-13(12)18/h1-2,4-5,7-9H,3,6,10-11H2,(H,20,21). The summed E-state index contributed by atoms with van der Waals surface area (Å²) in [4.78, 5) is 25.4. The van der Waals surface area contributed by atoms with Crippen LogP contribution >= 0.6 is 0 Å². The number of aryl methyl sites for hydroxylation is 1. The molecule has 0 radical (unpaired) electrons. The molecule has 1 aliphatic heterocycles. The fourth-order valence-electron chi connectivity index (χ4n) is 2.77. The van der Waals surface area contributed by atoms with Crippen molar-refractivity contribution < 1.29 is 14.7 Å². The van der Waals surface area contributed by atoms with Crippen LogP contribution in [0.25, 0.3) is 0 Å². The van der Waals surface area contributed by atoms with Crippen molar-refractivity contribution in [2.75, 3.05) is 11.4 Å². The molecule has 0 aliphatic carbocycles. The van der Waals surface area contributed by atoms with Gasteiger partial charge < -0.3 is 14.6 Å². The van der Waals surface area contributed by atoms with Gasteiger partial charge in [0.15, 0.2) is 0 Å². The summed E-state index contributed by atoms with van der Waals surface area (Å²) in [7, 11) is 0. The molecule has 0 spiro atoms. The van der Waals surface area contributed by atoms with Gasteiger partial charge in [0.2, 0.25) is 5.91 Å². The quantitative estimate of drug-likeness (QED) is 0.939. The maximum absolute atomic E-state index is 12.5. The average Bonchev–Trinajstić information content (AvgIpc) is 2.95. The van der Waals surface area contributed by atoms with Gasteiger partial charge in [-0.15, -0.1) is 0 Å². The Morgan fingerprint density at radius 1 is 1.14 bits per heavy atom. The zero-order chi connectivity index (χ0) is 14.8. The molecule has 1 amide bonds. The fourth-order valence-corrected chi connectivity index (χ4v) is 2.77. The third-order valence-electron chi connectivity index (χ3n) is 3.77. The molecule has 0 bridgehead atoms. The third-order valence-corrected chi connectivity index (χ3v) is 3.77. The Labute approximate surface area is 122 Å². The Kier molecular flexibility index (Phi) is 3.48. The number of carbonyl (C=O) groups excluding carboxylic acids is 1. The Bertz CT molecular complexity index is 690. The molecule has 0 saturated heterocycles. The number of amides is 1. The lowest BCUT2D eigenvalue weighted by Crippen LogP contribution is -2.38. The lowest BCUT2D eigenvalue weighted by molar-refractivity contribution is -0.119. The number of nitrogens with zero attached hydrogens (tertiary/aromatic N) is 2. The molecule has 1 aromatic carbocycles. The minimum atomic E-state index is -1.02. The van der Waals surface area contributed by atoms with Crippen LogP contribution in [0.3, 0.4) is 0 Å². The predicted molar refractivity (Wildman–Crippen MR) is 78.5 cm³/mol. The van der Waals surface area contributed by atoms with E-state index in [9.17, 15) is 9.59 Å². The molecular weight excluding hydrogens is 268 g/mol. The summed E-state index contributed by atoms with van der Waals surface area (Å²) in [5.74, 6) is -1.10. The molecule has 0 fully saturated rings. The molecule has 108 valence electrons. The monoisotopic (exact) mass is 284 g/mol. The number of para-hydroxylation sites is 1. The summed E-state index contributed by atoms with van der Waals surface area (Å²) >= 11 is 0. The van der Waals surface area contributed by atoms with Crippen LogP contribution in [0.1, 0.15) is 22.5 Å². The van der Waals surface area contributed by atoms with Crippen molar-refractivity contribution in [3.05, 3.63) is 53.9 Å². The SMILES string of the molecule is O=C(O)c1cccn1CC(=O)N1CCCc2ccccc21. The van der Waals surface area contributed by atoms with Crippen molar-refractivity contribution in [3.63, 3.8) is 0 Å². The van der Waals surface area contributed by atoms with Crippen LogP contribution in [-0.2, 0) is 17.8 Å². The molecule has 5 nitrogen and oxygen atoms in total. The van der Waals surface area contributed by atoms with Crippen molar-refractivity contribution in [2.45, 2.75) is 19.4 Å². The van der Waals surface area contributed by atoms with Crippen molar-refractivity contribution >= 4 is 17.6 Å². The second-order valence-corrected chi connectivity index (χ2v) is 5.10. The van der Waals surface area contributed by atoms with Crippen LogP contribution in [0, 0.1) is 0 Å². The summed E-state index contributed by atoms with van der Waals surface area (Å²) in [6.07, 6.45) is 3.53. The number of hydrogen-bond donors (Lipinski definition) is 1. The van der Waals surface area contributed by atoms with E-state index in [1.165, 1.54) is 16.2 Å². The molecule has 2 heterocycles. The number of carboxylic acid groups (broad SMARTS) is 1. The van der Waals surface area contributed by atoms with Gasteiger partial charge in [-0.05, 0) is 36.6 Å². The third kappa shape index (κ3) is 2.54. The van der Waals surface area contributed by atoms with E-state index in [4.69, 9.17) is 5.11 Å². The number of rotatable bonds is 3. The number of aromatic nitrogens is 1. The van der Waals surface area contributed by atoms with E-state index in [1.54, 1.807) is 17.2 Å². The first-order valence-corrected chi connectivity index (χ1v) is 6.93. The molecule has 0 saturated carbocycles. The zero-order valence-corrected chi connectivity index (χ0v) is 11.5. The van der Waals surface area contributed by atoms with Gasteiger partial charge in [-0.2, -0.15) is 0 Å². The Balaban J connectivity index is 1.84. The van der Waals surface area contributed by atoms with E-state index in [1.807, 2.05) is 24.3 Å². The normalized spacial score (nSPS) is 13.8. The second-order valence-electron chi connectivity index (χ2n) is 5.10. The van der Waals surface area contributed by atoms with Gasteiger partial charge in [0, 0.05) is 18.4 Å². The van der Waals surface area contributed by atoms with Gasteiger partial charge in [0.05, 0.1) is 0 Å². The molecule has 0 atom stereocenters. The number of benzene rings is 1. The van der Waals surface area contributed by atoms with Crippen molar-refractivity contribution in [1.82, 2.24) is 4.57 Å². The van der Waals surface area contributed by atoms with E-state index in [0.29, 0.717) is 6.54 Å². The number of carboxylic acids is 1. The van der Waals surface area contributed by atoms with E-state index < -0.39 is 5.97 Å². The lowest BCUT2D eigenvalue weighted by Gasteiger charge is -2.29. The molecule has 1 aliphatic rings. The summed E-state index contributed by atoms with van der Waals surface area (Å²) in [6.45, 7) is 0.725. The van der Waals surface area contributed by atoms with Gasteiger partial charge in [-0.3, -0.25) is 4.79 Å². The zero-order valence-electron chi connectivity index (χ0n) is 11.5. The number of fused-ring (bicyclic) bond motifs is 1. The summed E-state index contributed by atoms with van der Waals surface area (Å²) in [6, 6.07) is 11.0. The predicted octanol–water partition coefficient (Wildman–Crippen LogP) is 2.17. The maximum atomic E-state index is 12.5. The first-order chi connectivity index (χ1) is 10.2. The lowest BCUT2D eigenvalue weighted by atomic mass is 10.0. The van der Waals surface area contributed by atoms with E-state index in [-0.39, 0.29) is 18.1 Å². The molecule has 2 aromatic rings. The summed E-state index contributed by atoms with van der Waals surface area (Å²) < 4.78 is 1.47. The highest BCUT2D eigenvalue weighted by Crippen LogP contribution is 2.26. The van der Waals surface area contributed by atoms with E-state index >= 15 is 0 Å². The Morgan fingerprint density at radius 3 is 2.76 bits per heavy atom. The van der Waals surface area contributed by atoms with E-state index in [0.717, 1.165) is 18.5 Å². The molecule has 1 aromatic heterocycles. The highest BCUT2D eigenvalue weighted by molar-refractivity contribution is 5.95. The van der Waals surface area contributed by atoms with Crippen molar-refractivity contribution in [2.24, 2.45) is 0 Å². The van der Waals surface area contributed by atoms with Crippen LogP contribution in [0.4, 0.5) is 5.69 Å². The highest BCUT2D eigenvalue weighted by atomic mass is 16.4. The second kappa shape index (κ2) is 5.44. The van der Waals surface area contributed by atoms with Crippen molar-refractivity contribution in [1.29, 1.82) is 0 Å².